The number of benzene rings is 2. The van der Waals surface area contributed by atoms with E-state index in [2.05, 4.69) is 5.16 Å². The van der Waals surface area contributed by atoms with E-state index in [4.69, 9.17) is 5.21 Å². The molecule has 0 fully saturated rings. The molecule has 110 valence electrons. The predicted molar refractivity (Wildman–Crippen MR) is 71.2 cm³/mol. The average molecular weight is 295 g/mol. The second-order valence-corrected chi connectivity index (χ2v) is 4.34. The van der Waals surface area contributed by atoms with Crippen LogP contribution in [0.15, 0.2) is 53.7 Å². The molecule has 3 nitrogen and oxygen atoms in total. The first-order chi connectivity index (χ1) is 9.97. The zero-order valence-corrected chi connectivity index (χ0v) is 10.8. The molecule has 2 N–H and O–H groups in total. The van der Waals surface area contributed by atoms with E-state index in [0.717, 1.165) is 12.1 Å². The highest BCUT2D eigenvalue weighted by Crippen LogP contribution is 2.29. The Morgan fingerprint density at radius 1 is 1.00 bits per heavy atom. The van der Waals surface area contributed by atoms with Crippen LogP contribution in [0.5, 0.6) is 0 Å². The third kappa shape index (κ3) is 3.22. The minimum Gasteiger partial charge on any atom is -0.410 e. The van der Waals surface area contributed by atoms with E-state index in [9.17, 15) is 18.3 Å². The van der Waals surface area contributed by atoms with Gasteiger partial charge < -0.3 is 10.3 Å². The predicted octanol–water partition coefficient (Wildman–Crippen LogP) is 3.42. The molecule has 0 spiro atoms. The van der Waals surface area contributed by atoms with Crippen LogP contribution in [0.2, 0.25) is 0 Å². The molecule has 0 amide bonds. The van der Waals surface area contributed by atoms with Crippen molar-refractivity contribution >= 4 is 5.71 Å². The Kier molecular flexibility index (Phi) is 4.28. The third-order valence-electron chi connectivity index (χ3n) is 3.03. The molecule has 0 atom stereocenters. The van der Waals surface area contributed by atoms with Crippen molar-refractivity contribution in [3.63, 3.8) is 0 Å². The molecule has 0 aromatic heterocycles. The van der Waals surface area contributed by atoms with Crippen molar-refractivity contribution in [3.05, 3.63) is 70.8 Å². The number of hydrogen-bond donors (Lipinski definition) is 2. The molecule has 0 heterocycles. The number of alkyl halides is 3. The number of rotatable bonds is 3. The van der Waals surface area contributed by atoms with Crippen molar-refractivity contribution < 1.29 is 23.5 Å². The summed E-state index contributed by atoms with van der Waals surface area (Å²) in [6.45, 7) is -0.268. The summed E-state index contributed by atoms with van der Waals surface area (Å²) in [5.41, 5.74) is 0.631. The van der Waals surface area contributed by atoms with Crippen LogP contribution in [-0.4, -0.2) is 16.0 Å². The number of oxime groups is 1. The maximum absolute atomic E-state index is 12.5. The summed E-state index contributed by atoms with van der Waals surface area (Å²) < 4.78 is 37.6. The standard InChI is InChI=1S/C15H12F3NO2/c16-15(17,18)12-7-5-10(6-8-12)14(19-21)13-4-2-1-3-11(13)9-20/h1-8,20-21H,9H2. The maximum Gasteiger partial charge on any atom is 0.416 e. The minimum absolute atomic E-state index is 0.105. The molecule has 0 unspecified atom stereocenters. The van der Waals surface area contributed by atoms with Gasteiger partial charge in [-0.3, -0.25) is 0 Å². The summed E-state index contributed by atoms with van der Waals surface area (Å²) in [4.78, 5) is 0. The molecule has 0 aliphatic rings. The lowest BCUT2D eigenvalue weighted by Crippen LogP contribution is -2.09. The molecule has 21 heavy (non-hydrogen) atoms. The lowest BCUT2D eigenvalue weighted by Gasteiger charge is -2.11. The number of hydrogen-bond acceptors (Lipinski definition) is 3. The van der Waals surface area contributed by atoms with Crippen LogP contribution in [0.25, 0.3) is 0 Å². The van der Waals surface area contributed by atoms with Gasteiger partial charge in [0.15, 0.2) is 0 Å². The topological polar surface area (TPSA) is 52.8 Å². The van der Waals surface area contributed by atoms with Gasteiger partial charge in [-0.2, -0.15) is 13.2 Å². The summed E-state index contributed by atoms with van der Waals surface area (Å²) in [5.74, 6) is 0. The van der Waals surface area contributed by atoms with Gasteiger partial charge in [0.1, 0.15) is 5.71 Å². The Hall–Kier alpha value is -2.34. The Balaban J connectivity index is 2.43. The molecular formula is C15H12F3NO2. The lowest BCUT2D eigenvalue weighted by atomic mass is 9.97. The van der Waals surface area contributed by atoms with Gasteiger partial charge in [-0.25, -0.2) is 0 Å². The molecular weight excluding hydrogens is 283 g/mol. The smallest absolute Gasteiger partial charge is 0.410 e. The Morgan fingerprint density at radius 3 is 2.14 bits per heavy atom. The van der Waals surface area contributed by atoms with Crippen molar-refractivity contribution in [1.29, 1.82) is 0 Å². The fraction of sp³-hybridized carbons (Fsp3) is 0.133. The maximum atomic E-state index is 12.5. The SMILES string of the molecule is OCc1ccccc1C(=NO)c1ccc(C(F)(F)F)cc1. The van der Waals surface area contributed by atoms with Crippen molar-refractivity contribution in [2.45, 2.75) is 12.8 Å². The van der Waals surface area contributed by atoms with Gasteiger partial charge in [0, 0.05) is 11.1 Å². The van der Waals surface area contributed by atoms with Crippen LogP contribution in [0, 0.1) is 0 Å². The molecule has 2 aromatic rings. The number of halogens is 3. The third-order valence-corrected chi connectivity index (χ3v) is 3.03. The average Bonchev–Trinajstić information content (AvgIpc) is 2.48. The molecule has 0 aliphatic heterocycles. The van der Waals surface area contributed by atoms with Crippen LogP contribution < -0.4 is 0 Å². The van der Waals surface area contributed by atoms with Crippen LogP contribution in [0.4, 0.5) is 13.2 Å². The first-order valence-electron chi connectivity index (χ1n) is 6.06. The second-order valence-electron chi connectivity index (χ2n) is 4.34. The quantitative estimate of drug-likeness (QED) is 0.518. The molecule has 2 rings (SSSR count). The highest BCUT2D eigenvalue weighted by molar-refractivity contribution is 6.13. The van der Waals surface area contributed by atoms with Gasteiger partial charge in [0.25, 0.3) is 0 Å². The van der Waals surface area contributed by atoms with Gasteiger partial charge in [-0.05, 0) is 17.7 Å². The van der Waals surface area contributed by atoms with Crippen molar-refractivity contribution in [2.75, 3.05) is 0 Å². The highest BCUT2D eigenvalue weighted by atomic mass is 19.4. The second kappa shape index (κ2) is 5.97. The molecule has 6 heteroatoms. The normalized spacial score (nSPS) is 12.5. The summed E-state index contributed by atoms with van der Waals surface area (Å²) in [7, 11) is 0. The largest absolute Gasteiger partial charge is 0.416 e. The molecule has 0 bridgehead atoms. The number of nitrogens with zero attached hydrogens (tertiary/aromatic N) is 1. The van der Waals surface area contributed by atoms with Gasteiger partial charge in [-0.1, -0.05) is 41.6 Å². The van der Waals surface area contributed by atoms with Gasteiger partial charge in [0.2, 0.25) is 0 Å². The van der Waals surface area contributed by atoms with E-state index in [1.165, 1.54) is 12.1 Å². The summed E-state index contributed by atoms with van der Waals surface area (Å²) in [5, 5.41) is 21.6. The number of aliphatic hydroxyl groups is 1. The zero-order valence-electron chi connectivity index (χ0n) is 10.8. The van der Waals surface area contributed by atoms with E-state index in [1.807, 2.05) is 0 Å². The monoisotopic (exact) mass is 295 g/mol. The lowest BCUT2D eigenvalue weighted by molar-refractivity contribution is -0.137. The zero-order chi connectivity index (χ0) is 15.5. The van der Waals surface area contributed by atoms with Crippen LogP contribution in [-0.2, 0) is 12.8 Å². The highest BCUT2D eigenvalue weighted by Gasteiger charge is 2.30. The Labute approximate surface area is 119 Å². The first kappa shape index (κ1) is 15.1. The van der Waals surface area contributed by atoms with E-state index in [-0.39, 0.29) is 12.3 Å². The summed E-state index contributed by atoms with van der Waals surface area (Å²) in [6.07, 6.45) is -4.42. The molecule has 0 saturated heterocycles. The molecule has 0 aliphatic carbocycles. The van der Waals surface area contributed by atoms with Crippen LogP contribution in [0.3, 0.4) is 0 Å². The molecule has 0 saturated carbocycles. The van der Waals surface area contributed by atoms with Gasteiger partial charge in [-0.15, -0.1) is 0 Å². The van der Waals surface area contributed by atoms with Crippen molar-refractivity contribution in [1.82, 2.24) is 0 Å². The first-order valence-corrected chi connectivity index (χ1v) is 6.06. The van der Waals surface area contributed by atoms with Crippen LogP contribution >= 0.6 is 0 Å². The van der Waals surface area contributed by atoms with Gasteiger partial charge in [0.05, 0.1) is 12.2 Å². The Bertz CT molecular complexity index is 649. The fourth-order valence-electron chi connectivity index (χ4n) is 1.97. The summed E-state index contributed by atoms with van der Waals surface area (Å²) >= 11 is 0. The van der Waals surface area contributed by atoms with Crippen molar-refractivity contribution in [2.24, 2.45) is 5.16 Å². The Morgan fingerprint density at radius 2 is 1.62 bits per heavy atom. The van der Waals surface area contributed by atoms with Gasteiger partial charge >= 0.3 is 6.18 Å². The van der Waals surface area contributed by atoms with E-state index in [0.29, 0.717) is 16.7 Å². The van der Waals surface area contributed by atoms with E-state index < -0.39 is 11.7 Å². The molecule has 2 aromatic carbocycles. The van der Waals surface area contributed by atoms with Crippen LogP contribution in [0.1, 0.15) is 22.3 Å². The fourth-order valence-corrected chi connectivity index (χ4v) is 1.97. The van der Waals surface area contributed by atoms with E-state index >= 15 is 0 Å². The molecule has 0 radical (unpaired) electrons. The van der Waals surface area contributed by atoms with Crippen molar-refractivity contribution in [3.8, 4) is 0 Å². The minimum atomic E-state index is -4.42. The van der Waals surface area contributed by atoms with E-state index in [1.54, 1.807) is 24.3 Å². The summed E-state index contributed by atoms with van der Waals surface area (Å²) in [6, 6.07) is 11.0. The number of aliphatic hydroxyl groups excluding tert-OH is 1.